The quantitative estimate of drug-likeness (QED) is 0.468. The van der Waals surface area contributed by atoms with Gasteiger partial charge in [0.2, 0.25) is 0 Å². The zero-order chi connectivity index (χ0) is 24.3. The largest absolute Gasteiger partial charge is 0.465 e. The number of amides is 2. The third kappa shape index (κ3) is 4.16. The number of thiophene rings is 1. The van der Waals surface area contributed by atoms with Crippen LogP contribution in [0, 0.1) is 6.92 Å². The van der Waals surface area contributed by atoms with E-state index in [1.807, 2.05) is 19.1 Å². The normalized spacial score (nSPS) is 27.6. The Morgan fingerprint density at radius 3 is 2.69 bits per heavy atom. The van der Waals surface area contributed by atoms with E-state index >= 15 is 0 Å². The lowest BCUT2D eigenvalue weighted by molar-refractivity contribution is 0.0929. The molecule has 35 heavy (non-hydrogen) atoms. The molecule has 9 heteroatoms. The van der Waals surface area contributed by atoms with Crippen molar-refractivity contribution in [1.82, 2.24) is 20.2 Å². The smallest absolute Gasteiger partial charge is 0.407 e. The van der Waals surface area contributed by atoms with Crippen molar-refractivity contribution in [3.63, 3.8) is 0 Å². The van der Waals surface area contributed by atoms with E-state index in [1.165, 1.54) is 0 Å². The van der Waals surface area contributed by atoms with Crippen LogP contribution in [0.25, 0.3) is 10.2 Å². The van der Waals surface area contributed by atoms with Gasteiger partial charge in [0.25, 0.3) is 5.91 Å². The maximum Gasteiger partial charge on any atom is 0.407 e. The Morgan fingerprint density at radius 1 is 1.09 bits per heavy atom. The van der Waals surface area contributed by atoms with Crippen LogP contribution in [0.5, 0.6) is 0 Å². The number of nitrogens with zero attached hydrogens (tertiary/aromatic N) is 3. The van der Waals surface area contributed by atoms with Gasteiger partial charge in [-0.25, -0.2) is 14.8 Å². The molecule has 182 valence electrons. The number of carbonyl (C=O) groups is 2. The molecule has 1 aliphatic carbocycles. The van der Waals surface area contributed by atoms with Crippen LogP contribution in [0.15, 0.2) is 29.6 Å². The van der Waals surface area contributed by atoms with Crippen LogP contribution < -0.4 is 5.32 Å². The fraction of sp³-hybridized carbons (Fsp3) is 0.462. The first-order valence-electron chi connectivity index (χ1n) is 12.2. The molecule has 5 unspecified atom stereocenters. The molecule has 2 aromatic heterocycles. The van der Waals surface area contributed by atoms with Crippen LogP contribution in [0.3, 0.4) is 0 Å². The molecule has 2 N–H and O–H groups in total. The number of benzene rings is 1. The molecule has 2 amide bonds. The SMILES string of the molecule is Cc1nc(C2CC2c2ccc(C(=O)NC3CCC4CCC(C3)N4C(=O)O)cc2Cl)c2ccsc2n1. The molecule has 2 bridgehead atoms. The molecule has 5 atom stereocenters. The molecule has 3 aliphatic rings. The van der Waals surface area contributed by atoms with E-state index < -0.39 is 6.09 Å². The average Bonchev–Trinajstić information content (AvgIpc) is 3.32. The number of rotatable bonds is 4. The molecule has 3 aromatic rings. The van der Waals surface area contributed by atoms with Crippen molar-refractivity contribution >= 4 is 45.2 Å². The van der Waals surface area contributed by atoms with E-state index in [-0.39, 0.29) is 30.0 Å². The number of aromatic nitrogens is 2. The average molecular weight is 511 g/mol. The second-order valence-electron chi connectivity index (χ2n) is 10.0. The summed E-state index contributed by atoms with van der Waals surface area (Å²) >= 11 is 8.31. The van der Waals surface area contributed by atoms with Crippen LogP contribution in [-0.2, 0) is 0 Å². The highest BCUT2D eigenvalue weighted by atomic mass is 35.5. The summed E-state index contributed by atoms with van der Waals surface area (Å²) in [5, 5.41) is 16.5. The molecule has 3 fully saturated rings. The topological polar surface area (TPSA) is 95.4 Å². The van der Waals surface area contributed by atoms with E-state index in [0.29, 0.717) is 22.9 Å². The van der Waals surface area contributed by atoms with Crippen molar-refractivity contribution in [3.05, 3.63) is 57.3 Å². The standard InChI is InChI=1S/C26H27ClN4O3S/c1-13-28-23(19-8-9-35-25(19)29-13)21-12-20(21)18-7-2-14(10-22(18)27)24(32)30-15-3-4-16-5-6-17(11-15)31(16)26(33)34/h2,7-10,15-17,20-21H,3-6,11-12H2,1H3,(H,30,32)(H,33,34). The fourth-order valence-corrected chi connectivity index (χ4v) is 7.25. The van der Waals surface area contributed by atoms with Crippen LogP contribution in [0.4, 0.5) is 4.79 Å². The summed E-state index contributed by atoms with van der Waals surface area (Å²) in [5.74, 6) is 1.24. The number of carbonyl (C=O) groups excluding carboxylic acids is 1. The Bertz CT molecular complexity index is 1330. The first-order chi connectivity index (χ1) is 16.9. The van der Waals surface area contributed by atoms with Gasteiger partial charge in [0.1, 0.15) is 10.7 Å². The van der Waals surface area contributed by atoms with Gasteiger partial charge in [0.05, 0.1) is 5.69 Å². The number of carboxylic acid groups (broad SMARTS) is 1. The molecule has 0 radical (unpaired) electrons. The highest BCUT2D eigenvalue weighted by molar-refractivity contribution is 7.16. The number of fused-ring (bicyclic) bond motifs is 3. The molecule has 4 heterocycles. The molecule has 2 saturated heterocycles. The summed E-state index contributed by atoms with van der Waals surface area (Å²) in [7, 11) is 0. The molecule has 0 spiro atoms. The van der Waals surface area contributed by atoms with Gasteiger partial charge >= 0.3 is 6.09 Å². The third-order valence-electron chi connectivity index (χ3n) is 7.85. The minimum absolute atomic E-state index is 0.0109. The van der Waals surface area contributed by atoms with Gasteiger partial charge in [0, 0.05) is 40.0 Å². The van der Waals surface area contributed by atoms with Gasteiger partial charge in [-0.05, 0) is 80.5 Å². The van der Waals surface area contributed by atoms with E-state index in [0.717, 1.165) is 59.4 Å². The summed E-state index contributed by atoms with van der Waals surface area (Å²) in [6.07, 6.45) is 4.18. The summed E-state index contributed by atoms with van der Waals surface area (Å²) in [6, 6.07) is 7.72. The van der Waals surface area contributed by atoms with Gasteiger partial charge in [-0.1, -0.05) is 17.7 Å². The van der Waals surface area contributed by atoms with Crippen LogP contribution in [-0.4, -0.2) is 50.1 Å². The third-order valence-corrected chi connectivity index (χ3v) is 8.99. The molecule has 1 saturated carbocycles. The van der Waals surface area contributed by atoms with Crippen molar-refractivity contribution in [1.29, 1.82) is 0 Å². The lowest BCUT2D eigenvalue weighted by atomic mass is 9.96. The lowest BCUT2D eigenvalue weighted by Gasteiger charge is -2.25. The predicted octanol–water partition coefficient (Wildman–Crippen LogP) is 5.72. The Kier molecular flexibility index (Phi) is 5.68. The highest BCUT2D eigenvalue weighted by Gasteiger charge is 2.43. The van der Waals surface area contributed by atoms with Gasteiger partial charge in [-0.15, -0.1) is 11.3 Å². The first-order valence-corrected chi connectivity index (χ1v) is 13.5. The molecular weight excluding hydrogens is 484 g/mol. The van der Waals surface area contributed by atoms with Crippen molar-refractivity contribution in [2.24, 2.45) is 0 Å². The second-order valence-corrected chi connectivity index (χ2v) is 11.3. The number of nitrogens with one attached hydrogen (secondary N) is 1. The van der Waals surface area contributed by atoms with Crippen LogP contribution >= 0.6 is 22.9 Å². The van der Waals surface area contributed by atoms with Crippen molar-refractivity contribution in [3.8, 4) is 0 Å². The lowest BCUT2D eigenvalue weighted by Crippen LogP contribution is -2.41. The Hall–Kier alpha value is -2.71. The van der Waals surface area contributed by atoms with Crippen molar-refractivity contribution in [2.75, 3.05) is 0 Å². The second kappa shape index (κ2) is 8.75. The van der Waals surface area contributed by atoms with E-state index in [4.69, 9.17) is 16.6 Å². The summed E-state index contributed by atoms with van der Waals surface area (Å²) in [5.41, 5.74) is 2.69. The molecule has 2 aliphatic heterocycles. The van der Waals surface area contributed by atoms with Gasteiger partial charge in [-0.3, -0.25) is 4.79 Å². The maximum absolute atomic E-state index is 13.0. The number of hydrogen-bond acceptors (Lipinski definition) is 5. The zero-order valence-corrected chi connectivity index (χ0v) is 21.0. The Balaban J connectivity index is 1.15. The Labute approximate surface area is 212 Å². The maximum atomic E-state index is 13.0. The minimum Gasteiger partial charge on any atom is -0.465 e. The number of halogens is 1. The van der Waals surface area contributed by atoms with Gasteiger partial charge in [0.15, 0.2) is 0 Å². The minimum atomic E-state index is -0.845. The zero-order valence-electron chi connectivity index (χ0n) is 19.4. The van der Waals surface area contributed by atoms with Crippen LogP contribution in [0.2, 0.25) is 5.02 Å². The highest BCUT2D eigenvalue weighted by Crippen LogP contribution is 2.57. The van der Waals surface area contributed by atoms with Crippen LogP contribution in [0.1, 0.15) is 77.8 Å². The van der Waals surface area contributed by atoms with E-state index in [1.54, 1.807) is 22.3 Å². The molecule has 1 aromatic carbocycles. The molecule has 6 rings (SSSR count). The summed E-state index contributed by atoms with van der Waals surface area (Å²) in [6.45, 7) is 1.93. The van der Waals surface area contributed by atoms with Crippen molar-refractivity contribution < 1.29 is 14.7 Å². The Morgan fingerprint density at radius 2 is 1.89 bits per heavy atom. The fourth-order valence-electron chi connectivity index (χ4n) is 6.11. The molecule has 7 nitrogen and oxygen atoms in total. The predicted molar refractivity (Wildman–Crippen MR) is 135 cm³/mol. The number of aryl methyl sites for hydroxylation is 1. The van der Waals surface area contributed by atoms with E-state index in [2.05, 4.69) is 21.7 Å². The van der Waals surface area contributed by atoms with Crippen molar-refractivity contribution in [2.45, 2.75) is 75.4 Å². The van der Waals surface area contributed by atoms with E-state index in [9.17, 15) is 14.7 Å². The monoisotopic (exact) mass is 510 g/mol. The molecular formula is C26H27ClN4O3S. The van der Waals surface area contributed by atoms with Gasteiger partial charge in [-0.2, -0.15) is 0 Å². The van der Waals surface area contributed by atoms with Gasteiger partial charge < -0.3 is 15.3 Å². The first kappa shape index (κ1) is 22.7. The summed E-state index contributed by atoms with van der Waals surface area (Å²) < 4.78 is 0. The number of hydrogen-bond donors (Lipinski definition) is 2. The summed E-state index contributed by atoms with van der Waals surface area (Å²) in [4.78, 5) is 36.6.